The highest BCUT2D eigenvalue weighted by atomic mass is 32.2. The largest absolute Gasteiger partial charge is 0.506 e. The van der Waals surface area contributed by atoms with Gasteiger partial charge >= 0.3 is 6.09 Å². The number of anilines is 1. The monoisotopic (exact) mass is 625 g/mol. The van der Waals surface area contributed by atoms with Crippen LogP contribution in [0, 0.1) is 5.92 Å². The predicted octanol–water partition coefficient (Wildman–Crippen LogP) is 3.55. The van der Waals surface area contributed by atoms with Gasteiger partial charge in [0, 0.05) is 13.1 Å². The molecule has 0 unspecified atom stereocenters. The molecule has 1 saturated heterocycles. The van der Waals surface area contributed by atoms with Crippen LogP contribution in [0.4, 0.5) is 10.5 Å². The summed E-state index contributed by atoms with van der Waals surface area (Å²) in [5.74, 6) is -0.280. The number of hydrogen-bond donors (Lipinski definition) is 3. The molecule has 44 heavy (non-hydrogen) atoms. The number of amides is 2. The molecule has 1 fully saturated rings. The Hall–Kier alpha value is -4.13. The van der Waals surface area contributed by atoms with Crippen LogP contribution in [0.2, 0.25) is 0 Å². The highest BCUT2D eigenvalue weighted by Crippen LogP contribution is 2.30. The molecule has 4 atom stereocenters. The Morgan fingerprint density at radius 1 is 1.07 bits per heavy atom. The number of cyclic esters (lactones) is 1. The van der Waals surface area contributed by atoms with Gasteiger partial charge in [0.1, 0.15) is 11.5 Å². The van der Waals surface area contributed by atoms with E-state index >= 15 is 0 Å². The maximum absolute atomic E-state index is 13.8. The van der Waals surface area contributed by atoms with Crippen molar-refractivity contribution < 1.29 is 37.7 Å². The number of phenols is 1. The second-order valence-corrected chi connectivity index (χ2v) is 12.8. The molecular weight excluding hydrogens is 586 g/mol. The number of aliphatic hydroxyl groups is 1. The van der Waals surface area contributed by atoms with E-state index < -0.39 is 40.3 Å². The number of phenolic OH excluding ortho intramolecular Hbond substituents is 1. The van der Waals surface area contributed by atoms with Crippen molar-refractivity contribution in [2.24, 2.45) is 5.92 Å². The normalized spacial score (nSPS) is 17.2. The molecule has 0 bridgehead atoms. The number of methoxy groups -OCH3 is 1. The number of nitrogens with zero attached hydrogens (tertiary/aromatic N) is 2. The highest BCUT2D eigenvalue weighted by molar-refractivity contribution is 7.89. The average molecular weight is 626 g/mol. The molecule has 0 aliphatic carbocycles. The zero-order valence-electron chi connectivity index (χ0n) is 25.0. The Morgan fingerprint density at radius 2 is 1.73 bits per heavy atom. The number of aromatic hydroxyl groups is 1. The summed E-state index contributed by atoms with van der Waals surface area (Å²) < 4.78 is 39.3. The summed E-state index contributed by atoms with van der Waals surface area (Å²) in [5, 5.41) is 24.5. The summed E-state index contributed by atoms with van der Waals surface area (Å²) in [6.07, 6.45) is -2.42. The lowest BCUT2D eigenvalue weighted by molar-refractivity contribution is -0.129. The van der Waals surface area contributed by atoms with Gasteiger partial charge in [-0.2, -0.15) is 4.31 Å². The minimum atomic E-state index is -4.02. The first kappa shape index (κ1) is 32.8. The summed E-state index contributed by atoms with van der Waals surface area (Å²) in [5.41, 5.74) is 1.01. The summed E-state index contributed by atoms with van der Waals surface area (Å²) >= 11 is 0. The first-order chi connectivity index (χ1) is 21.0. The Labute approximate surface area is 258 Å². The van der Waals surface area contributed by atoms with Gasteiger partial charge in [0.25, 0.3) is 5.91 Å². The second-order valence-electron chi connectivity index (χ2n) is 10.9. The SMILES string of the molecule is CC[C@H](C)CN(C[C@@H](O)[C@H](Cc1ccccc1)NC(=O)[C@@H]1CN(c2ccccc2O)C(=O)O1)S(=O)(=O)c1ccc(OC)cc1. The van der Waals surface area contributed by atoms with Crippen molar-refractivity contribution in [3.8, 4) is 11.5 Å². The van der Waals surface area contributed by atoms with E-state index in [0.717, 1.165) is 16.9 Å². The highest BCUT2D eigenvalue weighted by Gasteiger charge is 2.40. The van der Waals surface area contributed by atoms with Crippen molar-refractivity contribution >= 4 is 27.7 Å². The van der Waals surface area contributed by atoms with Crippen LogP contribution in [-0.4, -0.2) is 79.9 Å². The van der Waals surface area contributed by atoms with E-state index in [1.54, 1.807) is 24.3 Å². The molecule has 2 amide bonds. The fourth-order valence-electron chi connectivity index (χ4n) is 4.90. The molecule has 4 rings (SSSR count). The van der Waals surface area contributed by atoms with Crippen molar-refractivity contribution in [1.29, 1.82) is 0 Å². The molecule has 11 nitrogen and oxygen atoms in total. The topological polar surface area (TPSA) is 146 Å². The maximum Gasteiger partial charge on any atom is 0.415 e. The molecule has 0 saturated carbocycles. The van der Waals surface area contributed by atoms with Gasteiger partial charge in [-0.1, -0.05) is 62.7 Å². The maximum atomic E-state index is 13.8. The second kappa shape index (κ2) is 14.6. The van der Waals surface area contributed by atoms with E-state index in [9.17, 15) is 28.2 Å². The smallest absolute Gasteiger partial charge is 0.415 e. The number of carbonyl (C=O) groups is 2. The minimum absolute atomic E-state index is 0.00401. The number of benzene rings is 3. The van der Waals surface area contributed by atoms with Crippen LogP contribution in [0.25, 0.3) is 0 Å². The van der Waals surface area contributed by atoms with E-state index in [-0.39, 0.29) is 48.3 Å². The van der Waals surface area contributed by atoms with Crippen LogP contribution < -0.4 is 15.0 Å². The standard InChI is InChI=1S/C32H39N3O8S/c1-4-22(2)19-34(44(40,41)25-16-14-24(42-3)15-17-25)20-29(37)26(18-23-10-6-5-7-11-23)33-31(38)30-21-35(32(39)43-30)27-12-8-9-13-28(27)36/h5-17,22,26,29-30,36-37H,4,18-21H2,1-3H3,(H,33,38)/t22-,26-,29+,30-/m0/s1. The summed E-state index contributed by atoms with van der Waals surface area (Å²) in [4.78, 5) is 27.2. The van der Waals surface area contributed by atoms with Gasteiger partial charge in [-0.15, -0.1) is 0 Å². The van der Waals surface area contributed by atoms with E-state index in [1.807, 2.05) is 44.2 Å². The van der Waals surface area contributed by atoms with E-state index in [1.165, 1.54) is 35.7 Å². The quantitative estimate of drug-likeness (QED) is 0.247. The Bertz CT molecular complexity index is 1520. The van der Waals surface area contributed by atoms with Crippen molar-refractivity contribution in [2.45, 2.75) is 49.8 Å². The van der Waals surface area contributed by atoms with Gasteiger partial charge in [-0.3, -0.25) is 9.69 Å². The third-order valence-electron chi connectivity index (χ3n) is 7.67. The van der Waals surface area contributed by atoms with Crippen LogP contribution >= 0.6 is 0 Å². The summed E-state index contributed by atoms with van der Waals surface area (Å²) in [6, 6.07) is 20.5. The van der Waals surface area contributed by atoms with Gasteiger partial charge in [0.15, 0.2) is 6.10 Å². The Kier molecular flexibility index (Phi) is 10.8. The van der Waals surface area contributed by atoms with E-state index in [0.29, 0.717) is 5.75 Å². The first-order valence-electron chi connectivity index (χ1n) is 14.5. The van der Waals surface area contributed by atoms with Crippen LogP contribution in [0.3, 0.4) is 0 Å². The number of sulfonamides is 1. The Morgan fingerprint density at radius 3 is 2.36 bits per heavy atom. The van der Waals surface area contributed by atoms with Crippen molar-refractivity contribution in [3.63, 3.8) is 0 Å². The lowest BCUT2D eigenvalue weighted by Gasteiger charge is -2.31. The Balaban J connectivity index is 1.56. The van der Waals surface area contributed by atoms with E-state index in [2.05, 4.69) is 5.32 Å². The fourth-order valence-corrected chi connectivity index (χ4v) is 6.47. The van der Waals surface area contributed by atoms with E-state index in [4.69, 9.17) is 9.47 Å². The molecule has 1 aliphatic rings. The van der Waals surface area contributed by atoms with Crippen molar-refractivity contribution in [1.82, 2.24) is 9.62 Å². The van der Waals surface area contributed by atoms with Gasteiger partial charge in [0.05, 0.1) is 36.4 Å². The number of aliphatic hydroxyl groups excluding tert-OH is 1. The first-order valence-corrected chi connectivity index (χ1v) is 15.9. The summed E-state index contributed by atoms with van der Waals surface area (Å²) in [7, 11) is -2.53. The van der Waals surface area contributed by atoms with Gasteiger partial charge in [-0.25, -0.2) is 13.2 Å². The molecule has 3 N–H and O–H groups in total. The zero-order valence-corrected chi connectivity index (χ0v) is 25.8. The summed E-state index contributed by atoms with van der Waals surface area (Å²) in [6.45, 7) is 3.60. The molecule has 3 aromatic carbocycles. The van der Waals surface area contributed by atoms with Crippen LogP contribution in [0.1, 0.15) is 25.8 Å². The third kappa shape index (κ3) is 7.87. The number of para-hydroxylation sites is 2. The molecular formula is C32H39N3O8S. The van der Waals surface area contributed by atoms with Crippen molar-refractivity contribution in [3.05, 3.63) is 84.4 Å². The number of carbonyl (C=O) groups excluding carboxylic acids is 2. The number of rotatable bonds is 14. The molecule has 3 aromatic rings. The van der Waals surface area contributed by atoms with Gasteiger partial charge < -0.3 is 25.0 Å². The number of nitrogens with one attached hydrogen (secondary N) is 1. The lowest BCUT2D eigenvalue weighted by atomic mass is 10.0. The molecule has 12 heteroatoms. The van der Waals surface area contributed by atoms with Crippen LogP contribution in [0.15, 0.2) is 83.8 Å². The molecule has 1 aliphatic heterocycles. The lowest BCUT2D eigenvalue weighted by Crippen LogP contribution is -2.53. The van der Waals surface area contributed by atoms with Crippen LogP contribution in [0.5, 0.6) is 11.5 Å². The van der Waals surface area contributed by atoms with Crippen LogP contribution in [-0.2, 0) is 26.0 Å². The van der Waals surface area contributed by atoms with Crippen molar-refractivity contribution in [2.75, 3.05) is 31.6 Å². The number of hydrogen-bond acceptors (Lipinski definition) is 8. The molecule has 236 valence electrons. The minimum Gasteiger partial charge on any atom is -0.506 e. The number of ether oxygens (including phenoxy) is 2. The molecule has 0 aromatic heterocycles. The molecule has 1 heterocycles. The zero-order chi connectivity index (χ0) is 31.9. The molecule has 0 spiro atoms. The molecule has 0 radical (unpaired) electrons. The third-order valence-corrected chi connectivity index (χ3v) is 9.51. The van der Waals surface area contributed by atoms with Gasteiger partial charge in [0.2, 0.25) is 10.0 Å². The predicted molar refractivity (Wildman–Crippen MR) is 165 cm³/mol. The van der Waals surface area contributed by atoms with Gasteiger partial charge in [-0.05, 0) is 54.3 Å². The fraction of sp³-hybridized carbons (Fsp3) is 0.375. The average Bonchev–Trinajstić information content (AvgIpc) is 3.42.